The number of aromatic carboxylic acids is 1. The van der Waals surface area contributed by atoms with E-state index in [0.29, 0.717) is 11.4 Å². The van der Waals surface area contributed by atoms with Gasteiger partial charge in [-0.05, 0) is 24.8 Å². The number of aryl methyl sites for hydroxylation is 2. The van der Waals surface area contributed by atoms with Crippen LogP contribution in [0.15, 0.2) is 18.3 Å². The predicted molar refractivity (Wildman–Crippen MR) is 64.4 cm³/mol. The van der Waals surface area contributed by atoms with Crippen LogP contribution in [0, 0.1) is 24.0 Å². The Bertz CT molecular complexity index is 677. The number of carboxylic acid groups (broad SMARTS) is 1. The molecular formula is C11H10N4O4. The van der Waals surface area contributed by atoms with Crippen LogP contribution in [0.3, 0.4) is 0 Å². The largest absolute Gasteiger partial charge is 0.478 e. The normalized spacial score (nSPS) is 10.4. The third-order valence-corrected chi connectivity index (χ3v) is 2.53. The Kier molecular flexibility index (Phi) is 2.99. The molecule has 0 radical (unpaired) electrons. The van der Waals surface area contributed by atoms with Gasteiger partial charge in [0.2, 0.25) is 0 Å². The highest BCUT2D eigenvalue weighted by molar-refractivity contribution is 5.93. The van der Waals surface area contributed by atoms with Crippen LogP contribution in [0.1, 0.15) is 21.7 Å². The summed E-state index contributed by atoms with van der Waals surface area (Å²) in [6, 6.07) is 2.73. The molecule has 0 bridgehead atoms. The molecule has 98 valence electrons. The number of carbonyl (C=O) groups is 1. The first-order valence-corrected chi connectivity index (χ1v) is 5.32. The van der Waals surface area contributed by atoms with Crippen molar-refractivity contribution >= 4 is 11.8 Å². The Hall–Kier alpha value is -2.77. The Morgan fingerprint density at radius 3 is 2.68 bits per heavy atom. The molecule has 19 heavy (non-hydrogen) atoms. The lowest BCUT2D eigenvalue weighted by Crippen LogP contribution is -2.10. The van der Waals surface area contributed by atoms with E-state index in [0.717, 1.165) is 0 Å². The molecule has 0 atom stereocenters. The van der Waals surface area contributed by atoms with E-state index in [1.165, 1.54) is 23.0 Å². The monoisotopic (exact) mass is 262 g/mol. The maximum absolute atomic E-state index is 11.3. The van der Waals surface area contributed by atoms with Crippen molar-refractivity contribution in [1.29, 1.82) is 0 Å². The van der Waals surface area contributed by atoms with Crippen molar-refractivity contribution in [3.63, 3.8) is 0 Å². The SMILES string of the molecule is Cc1cc(-n2ccc([N+](=O)[O-])n2)c(C(=O)O)c(C)n1. The van der Waals surface area contributed by atoms with E-state index in [1.807, 2.05) is 0 Å². The van der Waals surface area contributed by atoms with Crippen LogP contribution in [-0.2, 0) is 0 Å². The van der Waals surface area contributed by atoms with Gasteiger partial charge in [-0.1, -0.05) is 0 Å². The molecule has 0 aliphatic carbocycles. The zero-order chi connectivity index (χ0) is 14.2. The van der Waals surface area contributed by atoms with Gasteiger partial charge in [0.1, 0.15) is 11.3 Å². The van der Waals surface area contributed by atoms with Crippen LogP contribution >= 0.6 is 0 Å². The molecule has 2 rings (SSSR count). The fourth-order valence-electron chi connectivity index (χ4n) is 1.80. The van der Waals surface area contributed by atoms with Crippen molar-refractivity contribution in [2.75, 3.05) is 0 Å². The lowest BCUT2D eigenvalue weighted by atomic mass is 10.1. The molecule has 0 amide bonds. The van der Waals surface area contributed by atoms with E-state index in [9.17, 15) is 20.0 Å². The zero-order valence-corrected chi connectivity index (χ0v) is 10.2. The number of pyridine rings is 1. The molecule has 0 unspecified atom stereocenters. The second-order valence-electron chi connectivity index (χ2n) is 3.92. The molecule has 0 saturated carbocycles. The van der Waals surface area contributed by atoms with Gasteiger partial charge in [-0.15, -0.1) is 4.68 Å². The van der Waals surface area contributed by atoms with E-state index in [2.05, 4.69) is 10.1 Å². The number of hydrogen-bond acceptors (Lipinski definition) is 5. The van der Waals surface area contributed by atoms with Crippen LogP contribution in [-0.4, -0.2) is 30.8 Å². The average molecular weight is 262 g/mol. The molecule has 2 heterocycles. The number of nitrogens with zero attached hydrogens (tertiary/aromatic N) is 4. The summed E-state index contributed by atoms with van der Waals surface area (Å²) >= 11 is 0. The highest BCUT2D eigenvalue weighted by Gasteiger charge is 2.21. The van der Waals surface area contributed by atoms with E-state index in [1.54, 1.807) is 13.8 Å². The van der Waals surface area contributed by atoms with Crippen molar-refractivity contribution in [3.8, 4) is 5.69 Å². The van der Waals surface area contributed by atoms with Gasteiger partial charge in [-0.25, -0.2) is 4.79 Å². The van der Waals surface area contributed by atoms with Gasteiger partial charge in [0.25, 0.3) is 0 Å². The van der Waals surface area contributed by atoms with Gasteiger partial charge >= 0.3 is 11.8 Å². The molecule has 0 fully saturated rings. The quantitative estimate of drug-likeness (QED) is 0.662. The Balaban J connectivity index is 2.66. The molecule has 2 aromatic rings. The van der Waals surface area contributed by atoms with Crippen molar-refractivity contribution in [3.05, 3.63) is 45.4 Å². The summed E-state index contributed by atoms with van der Waals surface area (Å²) in [5.41, 5.74) is 1.17. The topological polar surface area (TPSA) is 111 Å². The number of nitro groups is 1. The minimum Gasteiger partial charge on any atom is -0.478 e. The lowest BCUT2D eigenvalue weighted by Gasteiger charge is -2.07. The number of hydrogen-bond donors (Lipinski definition) is 1. The summed E-state index contributed by atoms with van der Waals surface area (Å²) in [6.07, 6.45) is 1.35. The van der Waals surface area contributed by atoms with Crippen LogP contribution in [0.5, 0.6) is 0 Å². The maximum Gasteiger partial charge on any atom is 0.390 e. The van der Waals surface area contributed by atoms with Crippen LogP contribution in [0.25, 0.3) is 5.69 Å². The van der Waals surface area contributed by atoms with E-state index < -0.39 is 10.9 Å². The van der Waals surface area contributed by atoms with Gasteiger partial charge in [-0.3, -0.25) is 4.98 Å². The Morgan fingerprint density at radius 1 is 1.47 bits per heavy atom. The Labute approximate surface area is 107 Å². The second kappa shape index (κ2) is 4.48. The molecule has 0 spiro atoms. The average Bonchev–Trinajstić information content (AvgIpc) is 2.76. The molecule has 2 aromatic heterocycles. The van der Waals surface area contributed by atoms with Gasteiger partial charge in [0.05, 0.1) is 23.1 Å². The fraction of sp³-hybridized carbons (Fsp3) is 0.182. The first-order chi connectivity index (χ1) is 8.90. The molecule has 1 N–H and O–H groups in total. The standard InChI is InChI=1S/C11H10N4O4/c1-6-5-8(10(11(16)17)7(2)12-6)14-4-3-9(13-14)15(18)19/h3-5H,1-2H3,(H,16,17). The zero-order valence-electron chi connectivity index (χ0n) is 10.2. The van der Waals surface area contributed by atoms with Gasteiger partial charge in [0, 0.05) is 5.69 Å². The van der Waals surface area contributed by atoms with Crippen molar-refractivity contribution < 1.29 is 14.8 Å². The van der Waals surface area contributed by atoms with E-state index in [4.69, 9.17) is 0 Å². The summed E-state index contributed by atoms with van der Waals surface area (Å²) in [7, 11) is 0. The van der Waals surface area contributed by atoms with Crippen molar-refractivity contribution in [2.45, 2.75) is 13.8 Å². The fourth-order valence-corrected chi connectivity index (χ4v) is 1.80. The first kappa shape index (κ1) is 12.7. The third-order valence-electron chi connectivity index (χ3n) is 2.53. The predicted octanol–water partition coefficient (Wildman–Crippen LogP) is 1.49. The molecule has 0 aliphatic heterocycles. The molecular weight excluding hydrogens is 252 g/mol. The van der Waals surface area contributed by atoms with Crippen molar-refractivity contribution in [2.24, 2.45) is 0 Å². The summed E-state index contributed by atoms with van der Waals surface area (Å²) < 4.78 is 1.17. The smallest absolute Gasteiger partial charge is 0.390 e. The van der Waals surface area contributed by atoms with Crippen LogP contribution in [0.2, 0.25) is 0 Å². The van der Waals surface area contributed by atoms with Crippen LogP contribution in [0.4, 0.5) is 5.82 Å². The summed E-state index contributed by atoms with van der Waals surface area (Å²) in [5.74, 6) is -1.50. The number of aromatic nitrogens is 3. The third kappa shape index (κ3) is 2.28. The summed E-state index contributed by atoms with van der Waals surface area (Å²) in [4.78, 5) is 25.3. The summed E-state index contributed by atoms with van der Waals surface area (Å²) in [6.45, 7) is 3.28. The molecule has 0 saturated heterocycles. The van der Waals surface area contributed by atoms with E-state index >= 15 is 0 Å². The minimum absolute atomic E-state index is 0.0244. The van der Waals surface area contributed by atoms with Crippen LogP contribution < -0.4 is 0 Å². The molecule has 8 heteroatoms. The first-order valence-electron chi connectivity index (χ1n) is 5.32. The Morgan fingerprint density at radius 2 is 2.16 bits per heavy atom. The highest BCUT2D eigenvalue weighted by atomic mass is 16.6. The molecule has 0 aromatic carbocycles. The highest BCUT2D eigenvalue weighted by Crippen LogP contribution is 2.20. The van der Waals surface area contributed by atoms with E-state index in [-0.39, 0.29) is 17.1 Å². The van der Waals surface area contributed by atoms with Gasteiger partial charge in [-0.2, -0.15) is 0 Å². The molecule has 0 aliphatic rings. The summed E-state index contributed by atoms with van der Waals surface area (Å²) in [5, 5.41) is 23.5. The number of carboxylic acids is 1. The maximum atomic E-state index is 11.3. The van der Waals surface area contributed by atoms with Gasteiger partial charge in [0.15, 0.2) is 0 Å². The van der Waals surface area contributed by atoms with Crippen molar-refractivity contribution in [1.82, 2.24) is 14.8 Å². The van der Waals surface area contributed by atoms with Gasteiger partial charge < -0.3 is 15.2 Å². The number of rotatable bonds is 3. The minimum atomic E-state index is -1.15. The molecule has 8 nitrogen and oxygen atoms in total. The lowest BCUT2D eigenvalue weighted by molar-refractivity contribution is -0.389. The second-order valence-corrected chi connectivity index (χ2v) is 3.92.